The predicted molar refractivity (Wildman–Crippen MR) is 116 cm³/mol. The van der Waals surface area contributed by atoms with E-state index < -0.39 is 10.0 Å². The first-order valence-corrected chi connectivity index (χ1v) is 11.8. The maximum atomic E-state index is 13.1. The van der Waals surface area contributed by atoms with Crippen LogP contribution in [0.4, 0.5) is 11.8 Å². The van der Waals surface area contributed by atoms with Gasteiger partial charge in [-0.05, 0) is 27.8 Å². The average molecular weight is 435 g/mol. The van der Waals surface area contributed by atoms with Crippen molar-refractivity contribution in [3.8, 4) is 0 Å². The number of aromatic nitrogens is 4. The van der Waals surface area contributed by atoms with E-state index >= 15 is 0 Å². The number of rotatable bonds is 4. The van der Waals surface area contributed by atoms with E-state index in [4.69, 9.17) is 4.98 Å². The fourth-order valence-corrected chi connectivity index (χ4v) is 5.81. The van der Waals surface area contributed by atoms with Crippen LogP contribution in [0.2, 0.25) is 0 Å². The molecule has 2 saturated heterocycles. The Bertz CT molecular complexity index is 986. The molecule has 2 aliphatic heterocycles. The minimum Gasteiger partial charge on any atom is -0.354 e. The van der Waals surface area contributed by atoms with Crippen LogP contribution >= 0.6 is 0 Å². The zero-order chi connectivity index (χ0) is 21.5. The number of H-pyrrole nitrogens is 1. The number of sulfonamides is 1. The lowest BCUT2D eigenvalue weighted by molar-refractivity contribution is 0.312. The second kappa shape index (κ2) is 8.12. The van der Waals surface area contributed by atoms with Crippen LogP contribution < -0.4 is 9.80 Å². The molecule has 2 aromatic rings. The molecule has 30 heavy (non-hydrogen) atoms. The Kier molecular flexibility index (Phi) is 5.69. The van der Waals surface area contributed by atoms with Crippen LogP contribution in [0.3, 0.4) is 0 Å². The van der Waals surface area contributed by atoms with Crippen LogP contribution in [0.1, 0.15) is 17.1 Å². The third-order valence-electron chi connectivity index (χ3n) is 5.84. The van der Waals surface area contributed by atoms with Crippen molar-refractivity contribution < 1.29 is 8.42 Å². The van der Waals surface area contributed by atoms with Crippen LogP contribution in [0.15, 0.2) is 11.0 Å². The van der Waals surface area contributed by atoms with E-state index in [0.29, 0.717) is 48.4 Å². The molecule has 11 heteroatoms. The van der Waals surface area contributed by atoms with Gasteiger partial charge in [-0.3, -0.25) is 5.10 Å². The van der Waals surface area contributed by atoms with Gasteiger partial charge in [-0.2, -0.15) is 14.4 Å². The third-order valence-corrected chi connectivity index (χ3v) is 8.00. The first-order valence-electron chi connectivity index (χ1n) is 10.3. The number of hydrogen-bond donors (Lipinski definition) is 1. The topological polar surface area (TPSA) is 102 Å². The van der Waals surface area contributed by atoms with E-state index in [0.717, 1.165) is 37.7 Å². The zero-order valence-corrected chi connectivity index (χ0v) is 18.9. The summed E-state index contributed by atoms with van der Waals surface area (Å²) >= 11 is 0. The highest BCUT2D eigenvalue weighted by molar-refractivity contribution is 7.89. The number of anilines is 2. The summed E-state index contributed by atoms with van der Waals surface area (Å²) in [7, 11) is -1.43. The molecule has 2 aromatic heterocycles. The number of hydrogen-bond acceptors (Lipinski definition) is 8. The lowest BCUT2D eigenvalue weighted by Gasteiger charge is -2.36. The maximum absolute atomic E-state index is 13.1. The highest BCUT2D eigenvalue weighted by Crippen LogP contribution is 2.24. The highest BCUT2D eigenvalue weighted by atomic mass is 32.2. The van der Waals surface area contributed by atoms with Crippen LogP contribution in [-0.2, 0) is 10.0 Å². The van der Waals surface area contributed by atoms with E-state index in [1.165, 1.54) is 4.31 Å². The first kappa shape index (κ1) is 21.0. The van der Waals surface area contributed by atoms with Crippen molar-refractivity contribution in [3.63, 3.8) is 0 Å². The Labute approximate surface area is 177 Å². The van der Waals surface area contributed by atoms with Gasteiger partial charge in [-0.1, -0.05) is 0 Å². The van der Waals surface area contributed by atoms with Gasteiger partial charge < -0.3 is 14.7 Å². The number of piperazine rings is 2. The van der Waals surface area contributed by atoms with Gasteiger partial charge in [0.2, 0.25) is 16.0 Å². The van der Waals surface area contributed by atoms with Crippen molar-refractivity contribution in [2.45, 2.75) is 25.7 Å². The molecule has 0 atom stereocenters. The maximum Gasteiger partial charge on any atom is 0.246 e. The first-order chi connectivity index (χ1) is 14.3. The molecule has 164 valence electrons. The van der Waals surface area contributed by atoms with Crippen molar-refractivity contribution in [2.75, 3.05) is 69.2 Å². The summed E-state index contributed by atoms with van der Waals surface area (Å²) in [5.41, 5.74) is 2.01. The van der Waals surface area contributed by atoms with Gasteiger partial charge in [0.15, 0.2) is 0 Å². The van der Waals surface area contributed by atoms with Crippen molar-refractivity contribution >= 4 is 21.8 Å². The minimum atomic E-state index is -3.57. The normalized spacial score (nSPS) is 19.5. The summed E-state index contributed by atoms with van der Waals surface area (Å²) < 4.78 is 27.7. The molecule has 0 spiro atoms. The fourth-order valence-electron chi connectivity index (χ4n) is 4.05. The summed E-state index contributed by atoms with van der Waals surface area (Å²) in [4.78, 5) is 16.4. The molecule has 0 amide bonds. The molecule has 0 bridgehead atoms. The Morgan fingerprint density at radius 1 is 0.900 bits per heavy atom. The second-order valence-electron chi connectivity index (χ2n) is 8.11. The van der Waals surface area contributed by atoms with Gasteiger partial charge >= 0.3 is 0 Å². The Hall–Kier alpha value is -2.24. The summed E-state index contributed by atoms with van der Waals surface area (Å²) in [6.07, 6.45) is 0. The molecule has 10 nitrogen and oxygen atoms in total. The van der Waals surface area contributed by atoms with Crippen molar-refractivity contribution in [1.82, 2.24) is 29.4 Å². The number of aryl methyl sites for hydroxylation is 3. The molecular formula is C19H30N8O2S. The van der Waals surface area contributed by atoms with Crippen LogP contribution in [-0.4, -0.2) is 97.2 Å². The second-order valence-corrected chi connectivity index (χ2v) is 9.99. The monoisotopic (exact) mass is 434 g/mol. The number of likely N-dealkylation sites (N-methyl/N-ethyl adjacent to an activating group) is 1. The summed E-state index contributed by atoms with van der Waals surface area (Å²) in [6, 6.07) is 2.03. The molecule has 0 aliphatic carbocycles. The van der Waals surface area contributed by atoms with Crippen LogP contribution in [0.5, 0.6) is 0 Å². The average Bonchev–Trinajstić information content (AvgIpc) is 3.07. The molecule has 0 saturated carbocycles. The highest BCUT2D eigenvalue weighted by Gasteiger charge is 2.33. The lowest BCUT2D eigenvalue weighted by Crippen LogP contribution is -2.49. The van der Waals surface area contributed by atoms with Crippen molar-refractivity contribution in [3.05, 3.63) is 23.1 Å². The van der Waals surface area contributed by atoms with Crippen LogP contribution in [0, 0.1) is 20.8 Å². The predicted octanol–water partition coefficient (Wildman–Crippen LogP) is 0.388. The number of nitrogens with zero attached hydrogens (tertiary/aromatic N) is 7. The Morgan fingerprint density at radius 3 is 2.13 bits per heavy atom. The molecule has 2 aliphatic rings. The Morgan fingerprint density at radius 2 is 1.53 bits per heavy atom. The van der Waals surface area contributed by atoms with Gasteiger partial charge in [0, 0.05) is 64.1 Å². The molecule has 1 N–H and O–H groups in total. The van der Waals surface area contributed by atoms with E-state index in [1.54, 1.807) is 13.8 Å². The SMILES string of the molecule is Cc1cc(N2CCN(C)CC2)nc(N2CCN(S(=O)(=O)c3c(C)n[nH]c3C)CC2)n1. The van der Waals surface area contributed by atoms with Gasteiger partial charge in [0.05, 0.1) is 11.4 Å². The number of aromatic amines is 1. The lowest BCUT2D eigenvalue weighted by atomic mass is 10.3. The Balaban J connectivity index is 1.48. The molecule has 2 fully saturated rings. The van der Waals surface area contributed by atoms with Gasteiger partial charge in [0.1, 0.15) is 10.7 Å². The smallest absolute Gasteiger partial charge is 0.246 e. The molecule has 0 unspecified atom stereocenters. The van der Waals surface area contributed by atoms with Crippen molar-refractivity contribution in [1.29, 1.82) is 0 Å². The van der Waals surface area contributed by atoms with E-state index in [1.807, 2.05) is 13.0 Å². The number of nitrogens with one attached hydrogen (secondary N) is 1. The van der Waals surface area contributed by atoms with Gasteiger partial charge in [-0.25, -0.2) is 13.4 Å². The molecule has 0 radical (unpaired) electrons. The molecule has 4 rings (SSSR count). The summed E-state index contributed by atoms with van der Waals surface area (Å²) in [5.74, 6) is 1.63. The molecular weight excluding hydrogens is 404 g/mol. The minimum absolute atomic E-state index is 0.292. The zero-order valence-electron chi connectivity index (χ0n) is 18.1. The molecule has 0 aromatic carbocycles. The van der Waals surface area contributed by atoms with Crippen molar-refractivity contribution in [2.24, 2.45) is 0 Å². The van der Waals surface area contributed by atoms with E-state index in [9.17, 15) is 8.42 Å². The van der Waals surface area contributed by atoms with Crippen LogP contribution in [0.25, 0.3) is 0 Å². The van der Waals surface area contributed by atoms with E-state index in [2.05, 4.69) is 36.9 Å². The molecule has 4 heterocycles. The van der Waals surface area contributed by atoms with Gasteiger partial charge in [-0.15, -0.1) is 0 Å². The summed E-state index contributed by atoms with van der Waals surface area (Å²) in [6.45, 7) is 11.3. The van der Waals surface area contributed by atoms with Gasteiger partial charge in [0.25, 0.3) is 0 Å². The van der Waals surface area contributed by atoms with E-state index in [-0.39, 0.29) is 0 Å². The third kappa shape index (κ3) is 4.01. The quantitative estimate of drug-likeness (QED) is 0.737. The summed E-state index contributed by atoms with van der Waals surface area (Å²) in [5, 5.41) is 6.81. The fraction of sp³-hybridized carbons (Fsp3) is 0.632. The largest absolute Gasteiger partial charge is 0.354 e. The standard InChI is InChI=1S/C19H30N8O2S/c1-14-13-17(25-7-5-24(4)6-8-25)21-19(20-14)26-9-11-27(12-10-26)30(28,29)18-15(2)22-23-16(18)3/h13H,5-12H2,1-4H3,(H,22,23).